The Morgan fingerprint density at radius 2 is 1.90 bits per heavy atom. The van der Waals surface area contributed by atoms with Gasteiger partial charge in [0.05, 0.1) is 5.69 Å². The SMILES string of the molecule is CN(C)/C=C1/CN(c2ccccc2F)CC1=C(C#N)C#N. The van der Waals surface area contributed by atoms with Gasteiger partial charge in [-0.15, -0.1) is 0 Å². The number of halogens is 1. The summed E-state index contributed by atoms with van der Waals surface area (Å²) in [5.74, 6) is -0.307. The van der Waals surface area contributed by atoms with Crippen molar-refractivity contribution in [2.45, 2.75) is 0 Å². The van der Waals surface area contributed by atoms with Gasteiger partial charge in [-0.25, -0.2) is 4.39 Å². The minimum Gasteiger partial charge on any atom is -0.383 e. The zero-order valence-electron chi connectivity index (χ0n) is 12.0. The minimum absolute atomic E-state index is 0.0851. The van der Waals surface area contributed by atoms with Crippen LogP contribution in [0, 0.1) is 28.5 Å². The maximum atomic E-state index is 13.9. The number of hydrogen-bond acceptors (Lipinski definition) is 4. The van der Waals surface area contributed by atoms with Crippen LogP contribution in [0.25, 0.3) is 0 Å². The molecule has 1 heterocycles. The molecule has 0 aliphatic carbocycles. The highest BCUT2D eigenvalue weighted by Gasteiger charge is 2.27. The Labute approximate surface area is 123 Å². The highest BCUT2D eigenvalue weighted by Crippen LogP contribution is 2.30. The van der Waals surface area contributed by atoms with Gasteiger partial charge in [0.25, 0.3) is 0 Å². The Morgan fingerprint density at radius 3 is 2.48 bits per heavy atom. The summed E-state index contributed by atoms with van der Waals surface area (Å²) in [4.78, 5) is 3.68. The second-order valence-corrected chi connectivity index (χ2v) is 5.00. The van der Waals surface area contributed by atoms with E-state index in [1.165, 1.54) is 6.07 Å². The highest BCUT2D eigenvalue weighted by molar-refractivity contribution is 5.61. The van der Waals surface area contributed by atoms with Crippen molar-refractivity contribution in [1.82, 2.24) is 4.90 Å². The van der Waals surface area contributed by atoms with Crippen LogP contribution in [0.4, 0.5) is 10.1 Å². The third kappa shape index (κ3) is 3.04. The number of allylic oxidation sites excluding steroid dienone is 1. The van der Waals surface area contributed by atoms with Gasteiger partial charge in [0.2, 0.25) is 0 Å². The first-order valence-electron chi connectivity index (χ1n) is 6.47. The average molecular weight is 282 g/mol. The van der Waals surface area contributed by atoms with Crippen LogP contribution in [-0.4, -0.2) is 32.1 Å². The second kappa shape index (κ2) is 6.11. The molecule has 0 amide bonds. The molecule has 106 valence electrons. The predicted octanol–water partition coefficient (Wildman–Crippen LogP) is 2.43. The average Bonchev–Trinajstić information content (AvgIpc) is 2.84. The van der Waals surface area contributed by atoms with Crippen LogP contribution >= 0.6 is 0 Å². The van der Waals surface area contributed by atoms with Crippen LogP contribution in [-0.2, 0) is 0 Å². The van der Waals surface area contributed by atoms with Gasteiger partial charge in [0.15, 0.2) is 0 Å². The molecule has 0 aromatic heterocycles. The molecular formula is C16H15FN4. The summed E-state index contributed by atoms with van der Waals surface area (Å²) < 4.78 is 13.9. The monoisotopic (exact) mass is 282 g/mol. The number of benzene rings is 1. The van der Waals surface area contributed by atoms with Gasteiger partial charge in [-0.2, -0.15) is 10.5 Å². The van der Waals surface area contributed by atoms with E-state index in [1.54, 1.807) is 18.2 Å². The van der Waals surface area contributed by atoms with Crippen molar-refractivity contribution in [2.75, 3.05) is 32.1 Å². The second-order valence-electron chi connectivity index (χ2n) is 5.00. The smallest absolute Gasteiger partial charge is 0.146 e. The number of para-hydroxylation sites is 1. The van der Waals surface area contributed by atoms with E-state index in [4.69, 9.17) is 10.5 Å². The van der Waals surface area contributed by atoms with Crippen molar-refractivity contribution in [3.8, 4) is 12.1 Å². The standard InChI is InChI=1S/C16H15FN4/c1-20(2)9-13-10-21(11-14(13)12(7-18)8-19)16-6-4-3-5-15(16)17/h3-6,9H,10-11H2,1-2H3/b13-9-. The molecule has 0 N–H and O–H groups in total. The fourth-order valence-electron chi connectivity index (χ4n) is 2.36. The van der Waals surface area contributed by atoms with Crippen molar-refractivity contribution in [2.24, 2.45) is 0 Å². The van der Waals surface area contributed by atoms with Crippen molar-refractivity contribution in [3.05, 3.63) is 53.0 Å². The van der Waals surface area contributed by atoms with Crippen LogP contribution in [0.5, 0.6) is 0 Å². The first-order valence-corrected chi connectivity index (χ1v) is 6.47. The van der Waals surface area contributed by atoms with E-state index in [2.05, 4.69) is 0 Å². The largest absolute Gasteiger partial charge is 0.383 e. The molecule has 0 bridgehead atoms. The lowest BCUT2D eigenvalue weighted by molar-refractivity contribution is 0.559. The Bertz CT molecular complexity index is 673. The van der Waals surface area contributed by atoms with Crippen LogP contribution < -0.4 is 4.90 Å². The van der Waals surface area contributed by atoms with Gasteiger partial charge < -0.3 is 9.80 Å². The lowest BCUT2D eigenvalue weighted by Crippen LogP contribution is -2.19. The van der Waals surface area contributed by atoms with E-state index in [0.29, 0.717) is 24.4 Å². The van der Waals surface area contributed by atoms with Crippen molar-refractivity contribution >= 4 is 5.69 Å². The Balaban J connectivity index is 2.46. The Kier molecular flexibility index (Phi) is 4.25. The number of rotatable bonds is 2. The third-order valence-corrected chi connectivity index (χ3v) is 3.23. The Hall–Kier alpha value is -2.79. The highest BCUT2D eigenvalue weighted by atomic mass is 19.1. The van der Waals surface area contributed by atoms with E-state index >= 15 is 0 Å². The van der Waals surface area contributed by atoms with Crippen molar-refractivity contribution in [3.63, 3.8) is 0 Å². The maximum Gasteiger partial charge on any atom is 0.146 e. The van der Waals surface area contributed by atoms with Gasteiger partial charge in [0, 0.05) is 39.0 Å². The zero-order valence-corrected chi connectivity index (χ0v) is 12.0. The van der Waals surface area contributed by atoms with Gasteiger partial charge in [0.1, 0.15) is 23.5 Å². The van der Waals surface area contributed by atoms with Crippen LogP contribution in [0.1, 0.15) is 0 Å². The molecule has 0 unspecified atom stereocenters. The van der Waals surface area contributed by atoms with Crippen molar-refractivity contribution < 1.29 is 4.39 Å². The molecule has 5 heteroatoms. The molecule has 0 spiro atoms. The summed E-state index contributed by atoms with van der Waals surface area (Å²) in [6.07, 6.45) is 1.87. The summed E-state index contributed by atoms with van der Waals surface area (Å²) in [7, 11) is 3.74. The number of nitrogens with zero attached hydrogens (tertiary/aromatic N) is 4. The molecule has 1 aliphatic heterocycles. The summed E-state index contributed by atoms with van der Waals surface area (Å²) in [6.45, 7) is 0.832. The molecule has 1 fully saturated rings. The third-order valence-electron chi connectivity index (χ3n) is 3.23. The van der Waals surface area contributed by atoms with E-state index in [1.807, 2.05) is 42.2 Å². The molecule has 1 saturated heterocycles. The normalized spacial score (nSPS) is 15.8. The lowest BCUT2D eigenvalue weighted by atomic mass is 10.1. The summed E-state index contributed by atoms with van der Waals surface area (Å²) in [5, 5.41) is 18.2. The lowest BCUT2D eigenvalue weighted by Gasteiger charge is -2.17. The summed E-state index contributed by atoms with van der Waals surface area (Å²) in [6, 6.07) is 10.4. The van der Waals surface area contributed by atoms with E-state index in [-0.39, 0.29) is 11.4 Å². The number of nitriles is 2. The molecule has 1 aromatic rings. The van der Waals surface area contributed by atoms with Gasteiger partial charge in [-0.05, 0) is 17.7 Å². The van der Waals surface area contributed by atoms with Gasteiger partial charge in [-0.1, -0.05) is 12.1 Å². The molecule has 0 saturated carbocycles. The first-order chi connectivity index (χ1) is 10.1. The molecule has 21 heavy (non-hydrogen) atoms. The molecule has 4 nitrogen and oxygen atoms in total. The van der Waals surface area contributed by atoms with E-state index in [0.717, 1.165) is 5.57 Å². The maximum absolute atomic E-state index is 13.9. The minimum atomic E-state index is -0.307. The topological polar surface area (TPSA) is 54.1 Å². The van der Waals surface area contributed by atoms with Gasteiger partial charge in [-0.3, -0.25) is 0 Å². The number of anilines is 1. The Morgan fingerprint density at radius 1 is 1.24 bits per heavy atom. The zero-order chi connectivity index (χ0) is 15.4. The molecule has 1 aromatic carbocycles. The van der Waals surface area contributed by atoms with Crippen molar-refractivity contribution in [1.29, 1.82) is 10.5 Å². The molecular weight excluding hydrogens is 267 g/mol. The van der Waals surface area contributed by atoms with Gasteiger partial charge >= 0.3 is 0 Å². The first kappa shape index (κ1) is 14.6. The molecule has 0 atom stereocenters. The van der Waals surface area contributed by atoms with Crippen LogP contribution in [0.3, 0.4) is 0 Å². The predicted molar refractivity (Wildman–Crippen MR) is 78.6 cm³/mol. The fraction of sp³-hybridized carbons (Fsp3) is 0.250. The fourth-order valence-corrected chi connectivity index (χ4v) is 2.36. The quantitative estimate of drug-likeness (QED) is 0.782. The van der Waals surface area contributed by atoms with Crippen LogP contribution in [0.15, 0.2) is 47.2 Å². The van der Waals surface area contributed by atoms with E-state index in [9.17, 15) is 4.39 Å². The molecule has 2 rings (SSSR count). The number of hydrogen-bond donors (Lipinski definition) is 0. The molecule has 1 aliphatic rings. The summed E-state index contributed by atoms with van der Waals surface area (Å²) >= 11 is 0. The summed E-state index contributed by atoms with van der Waals surface area (Å²) in [5.41, 5.74) is 2.09. The molecule has 0 radical (unpaired) electrons. The van der Waals surface area contributed by atoms with Crippen LogP contribution in [0.2, 0.25) is 0 Å². The van der Waals surface area contributed by atoms with E-state index < -0.39 is 0 Å².